The molecule has 2 aliphatic rings. The third kappa shape index (κ3) is 7.48. The molecule has 0 N–H and O–H groups in total. The van der Waals surface area contributed by atoms with Crippen molar-refractivity contribution in [2.75, 3.05) is 6.61 Å². The molecular formula is C31H47NO4Si. The van der Waals surface area contributed by atoms with Crippen molar-refractivity contribution in [2.24, 2.45) is 5.92 Å². The Morgan fingerprint density at radius 1 is 1.22 bits per heavy atom. The average Bonchev–Trinajstić information content (AvgIpc) is 3.13. The van der Waals surface area contributed by atoms with Gasteiger partial charge in [-0.2, -0.15) is 5.26 Å². The van der Waals surface area contributed by atoms with Crippen LogP contribution in [0.3, 0.4) is 0 Å². The van der Waals surface area contributed by atoms with E-state index in [1.165, 1.54) is 48.5 Å². The van der Waals surface area contributed by atoms with Gasteiger partial charge in [0.15, 0.2) is 14.9 Å². The zero-order chi connectivity index (χ0) is 27.2. The summed E-state index contributed by atoms with van der Waals surface area (Å²) >= 11 is 0. The summed E-state index contributed by atoms with van der Waals surface area (Å²) in [6, 6.07) is 8.22. The molecule has 1 aromatic carbocycles. The van der Waals surface area contributed by atoms with Crippen LogP contribution >= 0.6 is 0 Å². The highest BCUT2D eigenvalue weighted by atomic mass is 28.4. The Morgan fingerprint density at radius 3 is 2.62 bits per heavy atom. The van der Waals surface area contributed by atoms with E-state index in [4.69, 9.17) is 19.2 Å². The highest BCUT2D eigenvalue weighted by molar-refractivity contribution is 6.74. The van der Waals surface area contributed by atoms with Gasteiger partial charge in [0, 0.05) is 13.0 Å². The summed E-state index contributed by atoms with van der Waals surface area (Å²) in [4.78, 5) is 12.0. The highest BCUT2D eigenvalue weighted by Crippen LogP contribution is 2.46. The molecule has 204 valence electrons. The summed E-state index contributed by atoms with van der Waals surface area (Å²) in [6.07, 6.45) is 9.25. The molecule has 2 aliphatic carbocycles. The second-order valence-corrected chi connectivity index (χ2v) is 17.1. The van der Waals surface area contributed by atoms with Gasteiger partial charge >= 0.3 is 5.97 Å². The van der Waals surface area contributed by atoms with E-state index in [0.29, 0.717) is 5.92 Å². The van der Waals surface area contributed by atoms with Gasteiger partial charge in [0.05, 0.1) is 0 Å². The van der Waals surface area contributed by atoms with Crippen molar-refractivity contribution in [3.05, 3.63) is 40.5 Å². The number of fused-ring (bicyclic) bond motifs is 2. The number of ether oxygens (including phenoxy) is 2. The monoisotopic (exact) mass is 525 g/mol. The van der Waals surface area contributed by atoms with Gasteiger partial charge in [0.2, 0.25) is 0 Å². The molecule has 0 amide bonds. The summed E-state index contributed by atoms with van der Waals surface area (Å²) in [5.41, 5.74) is 5.22. The van der Waals surface area contributed by atoms with Gasteiger partial charge in [-0.05, 0) is 85.3 Å². The van der Waals surface area contributed by atoms with Crippen LogP contribution in [0.15, 0.2) is 29.3 Å². The topological polar surface area (TPSA) is 68.5 Å². The molecule has 3 rings (SSSR count). The fourth-order valence-electron chi connectivity index (χ4n) is 5.62. The van der Waals surface area contributed by atoms with Gasteiger partial charge in [-0.15, -0.1) is 0 Å². The molecule has 0 aliphatic heterocycles. The number of nitriles is 1. The fourth-order valence-corrected chi connectivity index (χ4v) is 7.04. The van der Waals surface area contributed by atoms with Crippen molar-refractivity contribution in [1.82, 2.24) is 0 Å². The first kappa shape index (κ1) is 29.5. The lowest BCUT2D eigenvalue weighted by Crippen LogP contribution is -2.44. The Morgan fingerprint density at radius 2 is 1.97 bits per heavy atom. The smallest absolute Gasteiger partial charge is 0.303 e. The zero-order valence-electron chi connectivity index (χ0n) is 24.1. The molecule has 0 fully saturated rings. The maximum atomic E-state index is 12.0. The van der Waals surface area contributed by atoms with E-state index < -0.39 is 8.32 Å². The van der Waals surface area contributed by atoms with Gasteiger partial charge < -0.3 is 13.9 Å². The molecule has 0 aromatic heterocycles. The quantitative estimate of drug-likeness (QED) is 0.121. The van der Waals surface area contributed by atoms with Crippen molar-refractivity contribution in [1.29, 1.82) is 5.26 Å². The third-order valence-corrected chi connectivity index (χ3v) is 13.1. The van der Waals surface area contributed by atoms with E-state index in [9.17, 15) is 4.79 Å². The molecule has 1 aromatic rings. The van der Waals surface area contributed by atoms with Crippen LogP contribution in [0.25, 0.3) is 0 Å². The highest BCUT2D eigenvalue weighted by Gasteiger charge is 2.41. The van der Waals surface area contributed by atoms with E-state index in [1.807, 2.05) is 12.1 Å². The minimum absolute atomic E-state index is 0.0544. The van der Waals surface area contributed by atoms with Gasteiger partial charge in [-0.3, -0.25) is 4.79 Å². The van der Waals surface area contributed by atoms with Crippen LogP contribution in [0.2, 0.25) is 18.1 Å². The van der Waals surface area contributed by atoms with Gasteiger partial charge in [0.25, 0.3) is 0 Å². The van der Waals surface area contributed by atoms with E-state index in [1.54, 1.807) is 0 Å². The Balaban J connectivity index is 1.85. The van der Waals surface area contributed by atoms with Crippen LogP contribution in [0.4, 0.5) is 0 Å². The Bertz CT molecular complexity index is 1020. The number of rotatable bonds is 12. The number of carbonyl (C=O) groups is 1. The minimum atomic E-state index is -1.89. The molecule has 0 bridgehead atoms. The minimum Gasteiger partial charge on any atom is -0.478 e. The maximum Gasteiger partial charge on any atom is 0.303 e. The van der Waals surface area contributed by atoms with Gasteiger partial charge in [-0.25, -0.2) is 0 Å². The Kier molecular flexibility index (Phi) is 10.1. The number of unbranched alkanes of at least 4 members (excludes halogenated alkanes) is 2. The SMILES string of the molecule is CCCCC[C@@H](CCC1=C2Cc3cccc(OCC#N)c3C[C@H]2C[C@H]1OC(C)=O)O[Si](C)(C)C(C)(C)C. The fraction of sp³-hybridized carbons (Fsp3) is 0.677. The molecule has 0 unspecified atom stereocenters. The van der Waals surface area contributed by atoms with Crippen LogP contribution in [0.1, 0.15) is 90.7 Å². The van der Waals surface area contributed by atoms with E-state index in [-0.39, 0.29) is 29.8 Å². The van der Waals surface area contributed by atoms with Gasteiger partial charge in [0.1, 0.15) is 17.9 Å². The molecule has 0 heterocycles. The van der Waals surface area contributed by atoms with E-state index >= 15 is 0 Å². The number of benzene rings is 1. The Hall–Kier alpha value is -2.10. The number of esters is 1. The average molecular weight is 526 g/mol. The number of hydrogen-bond donors (Lipinski definition) is 0. The van der Waals surface area contributed by atoms with Crippen LogP contribution in [0, 0.1) is 17.2 Å². The van der Waals surface area contributed by atoms with Crippen molar-refractivity contribution in [3.63, 3.8) is 0 Å². The summed E-state index contributed by atoms with van der Waals surface area (Å²) in [5.74, 6) is 0.946. The second-order valence-electron chi connectivity index (χ2n) is 12.3. The molecule has 0 spiro atoms. The molecule has 3 atom stereocenters. The van der Waals surface area contributed by atoms with Crippen molar-refractivity contribution < 1.29 is 18.7 Å². The number of allylic oxidation sites excluding steroid dienone is 1. The molecule has 0 radical (unpaired) electrons. The molecule has 37 heavy (non-hydrogen) atoms. The van der Waals surface area contributed by atoms with Crippen LogP contribution in [-0.4, -0.2) is 33.1 Å². The first-order valence-corrected chi connectivity index (χ1v) is 17.0. The van der Waals surface area contributed by atoms with Gasteiger partial charge in [-0.1, -0.05) is 64.7 Å². The number of nitrogens with zero attached hydrogens (tertiary/aromatic N) is 1. The summed E-state index contributed by atoms with van der Waals surface area (Å²) < 4.78 is 18.6. The summed E-state index contributed by atoms with van der Waals surface area (Å²) in [7, 11) is -1.89. The number of hydrogen-bond acceptors (Lipinski definition) is 5. The Labute approximate surface area is 225 Å². The predicted molar refractivity (Wildman–Crippen MR) is 151 cm³/mol. The second kappa shape index (κ2) is 12.6. The standard InChI is InChI=1S/C31H47NO4Si/c1-8-9-10-13-25(36-37(6,7)31(3,4)5)15-16-26-27-19-23-12-11-14-29(34-18-17-32)28(23)20-24(27)21-30(26)35-22(2)33/h11-12,14,24-25,30H,8-10,13,15-16,18-21H2,1-7H3/t24-,25-,30+/m0/s1. The van der Waals surface area contributed by atoms with E-state index in [2.05, 4.69) is 52.9 Å². The lowest BCUT2D eigenvalue weighted by atomic mass is 9.80. The molecule has 5 nitrogen and oxygen atoms in total. The van der Waals surface area contributed by atoms with E-state index in [0.717, 1.165) is 44.3 Å². The van der Waals surface area contributed by atoms with Crippen LogP contribution in [-0.2, 0) is 26.8 Å². The maximum absolute atomic E-state index is 12.0. The van der Waals surface area contributed by atoms with Crippen LogP contribution < -0.4 is 4.74 Å². The lowest BCUT2D eigenvalue weighted by molar-refractivity contribution is -0.144. The molecule has 0 saturated carbocycles. The predicted octanol–water partition coefficient (Wildman–Crippen LogP) is 7.69. The van der Waals surface area contributed by atoms with Crippen molar-refractivity contribution >= 4 is 14.3 Å². The van der Waals surface area contributed by atoms with Crippen molar-refractivity contribution in [2.45, 2.75) is 123 Å². The lowest BCUT2D eigenvalue weighted by Gasteiger charge is -2.39. The molecule has 0 saturated heterocycles. The van der Waals surface area contributed by atoms with Crippen LogP contribution in [0.5, 0.6) is 5.75 Å². The first-order chi connectivity index (χ1) is 17.5. The van der Waals surface area contributed by atoms with Crippen molar-refractivity contribution in [3.8, 4) is 11.8 Å². The largest absolute Gasteiger partial charge is 0.478 e. The third-order valence-electron chi connectivity index (χ3n) is 8.59. The molecule has 6 heteroatoms. The normalized spacial score (nSPS) is 20.2. The first-order valence-electron chi connectivity index (χ1n) is 14.1. The molecular weight excluding hydrogens is 478 g/mol. The summed E-state index contributed by atoms with van der Waals surface area (Å²) in [5, 5.41) is 9.16. The number of carbonyl (C=O) groups excluding carboxylic acids is 1. The summed E-state index contributed by atoms with van der Waals surface area (Å²) in [6.45, 7) is 15.4. The zero-order valence-corrected chi connectivity index (χ0v) is 25.1.